The van der Waals surface area contributed by atoms with Crippen LogP contribution in [0.1, 0.15) is 78.2 Å². The van der Waals surface area contributed by atoms with Gasteiger partial charge in [0.05, 0.1) is 17.1 Å². The van der Waals surface area contributed by atoms with Crippen LogP contribution in [-0.2, 0) is 24.2 Å². The number of aliphatic imine (C=N–C) groups is 1. The summed E-state index contributed by atoms with van der Waals surface area (Å²) >= 11 is 1.66. The van der Waals surface area contributed by atoms with E-state index >= 15 is 0 Å². The van der Waals surface area contributed by atoms with Crippen molar-refractivity contribution in [3.63, 3.8) is 0 Å². The van der Waals surface area contributed by atoms with Crippen LogP contribution in [0.15, 0.2) is 9.52 Å². The van der Waals surface area contributed by atoms with E-state index in [9.17, 15) is 13.6 Å². The molecular formula is C24H31F2N5O2S. The number of rotatable bonds is 7. The Morgan fingerprint density at radius 2 is 2.06 bits per heavy atom. The first kappa shape index (κ1) is 23.7. The van der Waals surface area contributed by atoms with Crippen LogP contribution >= 0.6 is 11.3 Å². The van der Waals surface area contributed by atoms with Gasteiger partial charge in [-0.1, -0.05) is 5.16 Å². The molecule has 0 saturated heterocycles. The van der Waals surface area contributed by atoms with Crippen LogP contribution in [0.5, 0.6) is 0 Å². The fourth-order valence-corrected chi connectivity index (χ4v) is 6.41. The molecule has 2 aromatic heterocycles. The molecule has 10 heteroatoms. The van der Waals surface area contributed by atoms with Gasteiger partial charge in [-0.05, 0) is 56.9 Å². The molecule has 0 unspecified atom stereocenters. The quantitative estimate of drug-likeness (QED) is 0.520. The highest BCUT2D eigenvalue weighted by Crippen LogP contribution is 2.49. The van der Waals surface area contributed by atoms with Gasteiger partial charge >= 0.3 is 0 Å². The molecule has 184 valence electrons. The SMILES string of the molecule is Cc1nc(CC(=O)/N=C/C2CCC(CCN3CCc4sc(C5CC(F)(F)C5)nc4C3)CC2)no1. The van der Waals surface area contributed by atoms with Crippen molar-refractivity contribution in [3.8, 4) is 0 Å². The van der Waals surface area contributed by atoms with Gasteiger partial charge < -0.3 is 4.52 Å². The zero-order valence-corrected chi connectivity index (χ0v) is 20.3. The molecule has 3 heterocycles. The lowest BCUT2D eigenvalue weighted by molar-refractivity contribution is -0.117. The van der Waals surface area contributed by atoms with Crippen molar-refractivity contribution >= 4 is 23.5 Å². The largest absolute Gasteiger partial charge is 0.340 e. The summed E-state index contributed by atoms with van der Waals surface area (Å²) in [7, 11) is 0. The molecule has 2 aliphatic carbocycles. The molecular weight excluding hydrogens is 460 g/mol. The van der Waals surface area contributed by atoms with Gasteiger partial charge in [0.2, 0.25) is 11.8 Å². The third-order valence-corrected chi connectivity index (χ3v) is 8.64. The Bertz CT molecular complexity index is 1040. The molecule has 1 aliphatic heterocycles. The fourth-order valence-electron chi connectivity index (χ4n) is 5.25. The lowest BCUT2D eigenvalue weighted by Gasteiger charge is -2.33. The van der Waals surface area contributed by atoms with Crippen LogP contribution in [0.2, 0.25) is 0 Å². The first-order valence-electron chi connectivity index (χ1n) is 12.3. The third-order valence-electron chi connectivity index (χ3n) is 7.32. The van der Waals surface area contributed by atoms with Gasteiger partial charge in [-0.2, -0.15) is 4.98 Å². The average Bonchev–Trinajstić information content (AvgIpc) is 3.40. The lowest BCUT2D eigenvalue weighted by Crippen LogP contribution is -2.33. The minimum atomic E-state index is -2.49. The molecule has 0 radical (unpaired) electrons. The number of aryl methyl sites for hydroxylation is 1. The monoisotopic (exact) mass is 491 g/mol. The van der Waals surface area contributed by atoms with Gasteiger partial charge in [0.1, 0.15) is 0 Å². The Kier molecular flexibility index (Phi) is 6.88. The van der Waals surface area contributed by atoms with E-state index in [2.05, 4.69) is 20.0 Å². The number of nitrogens with zero attached hydrogens (tertiary/aromatic N) is 5. The number of amides is 1. The van der Waals surface area contributed by atoms with Crippen molar-refractivity contribution in [2.45, 2.75) is 83.1 Å². The van der Waals surface area contributed by atoms with E-state index in [0.717, 1.165) is 62.4 Å². The van der Waals surface area contributed by atoms with Gasteiger partial charge in [0.25, 0.3) is 5.91 Å². The number of halogens is 2. The number of fused-ring (bicyclic) bond motifs is 1. The van der Waals surface area contributed by atoms with Crippen LogP contribution in [0.3, 0.4) is 0 Å². The van der Waals surface area contributed by atoms with E-state index in [-0.39, 0.29) is 31.1 Å². The number of hydrogen-bond acceptors (Lipinski definition) is 7. The standard InChI is InChI=1S/C24H31F2N5O2S/c1-15-28-21(30-33-15)10-22(32)27-13-17-4-2-16(3-5-17)6-8-31-9-7-20-19(14-31)29-23(34-20)18-11-24(25,26)12-18/h13,16-18H,2-12,14H2,1H3/b27-13+. The number of alkyl halides is 2. The summed E-state index contributed by atoms with van der Waals surface area (Å²) in [4.78, 5) is 28.7. The van der Waals surface area contributed by atoms with E-state index in [4.69, 9.17) is 9.51 Å². The van der Waals surface area contributed by atoms with E-state index in [1.807, 2.05) is 6.21 Å². The van der Waals surface area contributed by atoms with Crippen molar-refractivity contribution in [3.05, 3.63) is 27.3 Å². The number of thiazole rings is 1. The summed E-state index contributed by atoms with van der Waals surface area (Å²) < 4.78 is 31.3. The number of carbonyl (C=O) groups is 1. The summed E-state index contributed by atoms with van der Waals surface area (Å²) in [6.45, 7) is 4.63. The predicted octanol–water partition coefficient (Wildman–Crippen LogP) is 4.74. The second-order valence-electron chi connectivity index (χ2n) is 10.1. The summed E-state index contributed by atoms with van der Waals surface area (Å²) in [5.74, 6) is -0.874. The van der Waals surface area contributed by atoms with Crippen molar-refractivity contribution in [1.82, 2.24) is 20.0 Å². The molecule has 2 fully saturated rings. The maximum Gasteiger partial charge on any atom is 0.253 e. The van der Waals surface area contributed by atoms with Gasteiger partial charge in [0, 0.05) is 49.9 Å². The molecule has 0 bridgehead atoms. The first-order valence-corrected chi connectivity index (χ1v) is 13.1. The topological polar surface area (TPSA) is 84.5 Å². The maximum absolute atomic E-state index is 13.2. The second-order valence-corrected chi connectivity index (χ2v) is 11.2. The highest BCUT2D eigenvalue weighted by Gasteiger charge is 2.47. The Labute approximate surface area is 202 Å². The molecule has 34 heavy (non-hydrogen) atoms. The smallest absolute Gasteiger partial charge is 0.253 e. The molecule has 1 amide bonds. The zero-order valence-electron chi connectivity index (χ0n) is 19.5. The molecule has 0 spiro atoms. The number of hydrogen-bond donors (Lipinski definition) is 0. The molecule has 5 rings (SSSR count). The molecule has 0 atom stereocenters. The lowest BCUT2D eigenvalue weighted by atomic mass is 9.81. The van der Waals surface area contributed by atoms with Crippen molar-refractivity contribution < 1.29 is 18.1 Å². The molecule has 0 N–H and O–H groups in total. The highest BCUT2D eigenvalue weighted by atomic mass is 32.1. The van der Waals surface area contributed by atoms with Crippen LogP contribution < -0.4 is 0 Å². The second kappa shape index (κ2) is 9.89. The number of carbonyl (C=O) groups excluding carboxylic acids is 1. The Hall–Kier alpha value is -2.07. The van der Waals surface area contributed by atoms with Crippen LogP contribution in [0, 0.1) is 18.8 Å². The molecule has 7 nitrogen and oxygen atoms in total. The molecule has 0 aromatic carbocycles. The van der Waals surface area contributed by atoms with E-state index in [1.54, 1.807) is 18.3 Å². The van der Waals surface area contributed by atoms with Crippen molar-refractivity contribution in [2.24, 2.45) is 16.8 Å². The third kappa shape index (κ3) is 5.76. The van der Waals surface area contributed by atoms with Crippen LogP contribution in [-0.4, -0.2) is 51.2 Å². The van der Waals surface area contributed by atoms with Crippen LogP contribution in [0.25, 0.3) is 0 Å². The zero-order chi connectivity index (χ0) is 23.7. The molecule has 2 aromatic rings. The maximum atomic E-state index is 13.2. The van der Waals surface area contributed by atoms with Crippen molar-refractivity contribution in [1.29, 1.82) is 0 Å². The minimum Gasteiger partial charge on any atom is -0.340 e. The van der Waals surface area contributed by atoms with Gasteiger partial charge in [-0.3, -0.25) is 9.69 Å². The van der Waals surface area contributed by atoms with Gasteiger partial charge in [-0.15, -0.1) is 11.3 Å². The molecule has 2 saturated carbocycles. The van der Waals surface area contributed by atoms with E-state index < -0.39 is 5.92 Å². The van der Waals surface area contributed by atoms with Crippen LogP contribution in [0.4, 0.5) is 8.78 Å². The van der Waals surface area contributed by atoms with Gasteiger partial charge in [-0.25, -0.2) is 18.8 Å². The Morgan fingerprint density at radius 3 is 2.76 bits per heavy atom. The fraction of sp³-hybridized carbons (Fsp3) is 0.708. The predicted molar refractivity (Wildman–Crippen MR) is 124 cm³/mol. The van der Waals surface area contributed by atoms with Gasteiger partial charge in [0.15, 0.2) is 5.82 Å². The normalized spacial score (nSPS) is 25.4. The summed E-state index contributed by atoms with van der Waals surface area (Å²) in [6.07, 6.45) is 8.41. The van der Waals surface area contributed by atoms with E-state index in [1.165, 1.54) is 11.3 Å². The first-order chi connectivity index (χ1) is 16.3. The Balaban J connectivity index is 1.02. The van der Waals surface area contributed by atoms with E-state index in [0.29, 0.717) is 23.6 Å². The summed E-state index contributed by atoms with van der Waals surface area (Å²) in [6, 6.07) is 0. The summed E-state index contributed by atoms with van der Waals surface area (Å²) in [5.41, 5.74) is 1.11. The average molecular weight is 492 g/mol. The highest BCUT2D eigenvalue weighted by molar-refractivity contribution is 7.11. The number of aromatic nitrogens is 3. The summed E-state index contributed by atoms with van der Waals surface area (Å²) in [5, 5.41) is 4.66. The molecule has 3 aliphatic rings. The minimum absolute atomic E-state index is 0.0385. The Morgan fingerprint density at radius 1 is 1.26 bits per heavy atom. The van der Waals surface area contributed by atoms with Crippen molar-refractivity contribution in [2.75, 3.05) is 13.1 Å².